The zero-order valence-electron chi connectivity index (χ0n) is 7.70. The van der Waals surface area contributed by atoms with Gasteiger partial charge in [0.1, 0.15) is 16.6 Å². The molecule has 0 aliphatic rings. The van der Waals surface area contributed by atoms with Gasteiger partial charge in [0.25, 0.3) is 0 Å². The number of anilines is 1. The normalized spacial score (nSPS) is 10.5. The Morgan fingerprint density at radius 1 is 1.53 bits per heavy atom. The molecule has 0 unspecified atom stereocenters. The van der Waals surface area contributed by atoms with E-state index < -0.39 is 0 Å². The van der Waals surface area contributed by atoms with Gasteiger partial charge in [-0.3, -0.25) is 0 Å². The summed E-state index contributed by atoms with van der Waals surface area (Å²) in [6.07, 6.45) is 1.51. The number of nitrogens with zero attached hydrogens (tertiary/aromatic N) is 1. The van der Waals surface area contributed by atoms with Crippen molar-refractivity contribution in [1.82, 2.24) is 0 Å². The van der Waals surface area contributed by atoms with Crippen LogP contribution in [0.1, 0.15) is 0 Å². The molecule has 0 aliphatic carbocycles. The average molecular weight is 329 g/mol. The number of rotatable bonds is 3. The fourth-order valence-corrected chi connectivity index (χ4v) is 1.53. The third-order valence-corrected chi connectivity index (χ3v) is 2.79. The van der Waals surface area contributed by atoms with Gasteiger partial charge in [-0.15, -0.1) is 0 Å². The fraction of sp³-hybridized carbons (Fsp3) is 0. The van der Waals surface area contributed by atoms with Crippen LogP contribution in [0.5, 0.6) is 0 Å². The van der Waals surface area contributed by atoms with Gasteiger partial charge in [-0.2, -0.15) is 5.26 Å². The summed E-state index contributed by atoms with van der Waals surface area (Å²) < 4.78 is 1.06. The summed E-state index contributed by atoms with van der Waals surface area (Å²) >= 11 is 6.91. The van der Waals surface area contributed by atoms with E-state index in [1.54, 1.807) is 0 Å². The molecule has 0 heterocycles. The summed E-state index contributed by atoms with van der Waals surface area (Å²) in [4.78, 5) is 0.0935. The maximum atomic E-state index is 8.72. The predicted octanol–water partition coefficient (Wildman–Crippen LogP) is 2.40. The molecule has 3 N–H and O–H groups in total. The lowest BCUT2D eigenvalue weighted by Crippen LogP contribution is -2.11. The van der Waals surface area contributed by atoms with E-state index in [0.29, 0.717) is 0 Å². The number of hydrogen-bond acceptors (Lipinski definition) is 3. The number of nitrogens with two attached hydrogens (primary N) is 1. The van der Waals surface area contributed by atoms with Gasteiger partial charge in [-0.05, 0) is 34.7 Å². The molecule has 5 heteroatoms. The summed E-state index contributed by atoms with van der Waals surface area (Å²) in [6, 6.07) is 9.64. The van der Waals surface area contributed by atoms with Crippen LogP contribution in [0, 0.1) is 14.9 Å². The number of nitrogens with one attached hydrogen (secondary N) is 1. The second-order valence-corrected chi connectivity index (χ2v) is 4.26. The Hall–Kier alpha value is -1.13. The Morgan fingerprint density at radius 2 is 2.20 bits per heavy atom. The van der Waals surface area contributed by atoms with Crippen molar-refractivity contribution in [2.75, 3.05) is 5.32 Å². The number of halogens is 1. The van der Waals surface area contributed by atoms with Crippen LogP contribution in [-0.2, 0) is 0 Å². The van der Waals surface area contributed by atoms with Crippen LogP contribution in [0.15, 0.2) is 36.0 Å². The Morgan fingerprint density at radius 3 is 2.73 bits per heavy atom. The Labute approximate surface area is 107 Å². The minimum Gasteiger partial charge on any atom is -0.389 e. The van der Waals surface area contributed by atoms with E-state index >= 15 is 0 Å². The Kier molecular flexibility index (Phi) is 4.52. The molecule has 1 aromatic carbocycles. The topological polar surface area (TPSA) is 61.8 Å². The third kappa shape index (κ3) is 3.49. The minimum absolute atomic E-state index is 0.0935. The molecule has 76 valence electrons. The lowest BCUT2D eigenvalue weighted by Gasteiger charge is -2.03. The van der Waals surface area contributed by atoms with E-state index in [2.05, 4.69) is 27.9 Å². The average Bonchev–Trinajstić information content (AvgIpc) is 2.21. The predicted molar refractivity (Wildman–Crippen MR) is 73.3 cm³/mol. The number of nitriles is 1. The van der Waals surface area contributed by atoms with Crippen molar-refractivity contribution in [3.63, 3.8) is 0 Å². The van der Waals surface area contributed by atoms with E-state index in [0.717, 1.165) is 9.26 Å². The van der Waals surface area contributed by atoms with Crippen LogP contribution in [0.25, 0.3) is 0 Å². The van der Waals surface area contributed by atoms with Crippen molar-refractivity contribution in [2.45, 2.75) is 0 Å². The van der Waals surface area contributed by atoms with Crippen molar-refractivity contribution in [1.29, 1.82) is 5.26 Å². The zero-order chi connectivity index (χ0) is 11.3. The molecule has 15 heavy (non-hydrogen) atoms. The first-order valence-electron chi connectivity index (χ1n) is 4.06. The van der Waals surface area contributed by atoms with Crippen LogP contribution in [-0.4, -0.2) is 4.99 Å². The SMILES string of the molecule is N#CC(=CNc1ccccc1I)C(N)=S. The quantitative estimate of drug-likeness (QED) is 0.387. The van der Waals surface area contributed by atoms with E-state index in [4.69, 9.17) is 23.2 Å². The molecule has 0 saturated carbocycles. The molecule has 3 nitrogen and oxygen atoms in total. The molecule has 0 amide bonds. The fourth-order valence-electron chi connectivity index (χ4n) is 0.887. The molecular formula is C10H8IN3S. The maximum Gasteiger partial charge on any atom is 0.116 e. The number of hydrogen-bond donors (Lipinski definition) is 2. The summed E-state index contributed by atoms with van der Waals surface area (Å²) in [5.41, 5.74) is 6.54. The smallest absolute Gasteiger partial charge is 0.116 e. The highest BCUT2D eigenvalue weighted by molar-refractivity contribution is 14.1. The van der Waals surface area contributed by atoms with Gasteiger partial charge in [0.15, 0.2) is 0 Å². The summed E-state index contributed by atoms with van der Waals surface area (Å²) in [7, 11) is 0. The van der Waals surface area contributed by atoms with Crippen LogP contribution < -0.4 is 11.1 Å². The van der Waals surface area contributed by atoms with Crippen LogP contribution >= 0.6 is 34.8 Å². The zero-order valence-corrected chi connectivity index (χ0v) is 10.7. The van der Waals surface area contributed by atoms with Crippen LogP contribution in [0.3, 0.4) is 0 Å². The molecule has 0 saturated heterocycles. The third-order valence-electron chi connectivity index (χ3n) is 1.63. The van der Waals surface area contributed by atoms with Gasteiger partial charge < -0.3 is 11.1 Å². The largest absolute Gasteiger partial charge is 0.389 e. The molecule has 0 aromatic heterocycles. The molecule has 1 aromatic rings. The summed E-state index contributed by atoms with van der Waals surface area (Å²) in [5.74, 6) is 0. The highest BCUT2D eigenvalue weighted by Gasteiger charge is 1.99. The molecule has 0 spiro atoms. The Balaban J connectivity index is 2.85. The van der Waals surface area contributed by atoms with Gasteiger partial charge in [0.05, 0.1) is 5.69 Å². The maximum absolute atomic E-state index is 8.72. The van der Waals surface area contributed by atoms with E-state index in [9.17, 15) is 0 Å². The molecule has 0 aliphatic heterocycles. The van der Waals surface area contributed by atoms with Crippen molar-refractivity contribution >= 4 is 45.5 Å². The van der Waals surface area contributed by atoms with Gasteiger partial charge >= 0.3 is 0 Å². The molecular weight excluding hydrogens is 321 g/mol. The lowest BCUT2D eigenvalue weighted by molar-refractivity contribution is 1.48. The van der Waals surface area contributed by atoms with E-state index in [-0.39, 0.29) is 10.6 Å². The van der Waals surface area contributed by atoms with Gasteiger partial charge in [-0.25, -0.2) is 0 Å². The molecule has 0 bridgehead atoms. The van der Waals surface area contributed by atoms with E-state index in [1.807, 2.05) is 30.3 Å². The first-order valence-corrected chi connectivity index (χ1v) is 5.55. The Bertz CT molecular complexity index is 448. The standard InChI is InChI=1S/C10H8IN3S/c11-8-3-1-2-4-9(8)14-6-7(5-12)10(13)15/h1-4,6,14H,(H2,13,15). The highest BCUT2D eigenvalue weighted by atomic mass is 127. The number of para-hydroxylation sites is 1. The molecule has 1 rings (SSSR count). The van der Waals surface area contributed by atoms with Gasteiger partial charge in [-0.1, -0.05) is 24.4 Å². The lowest BCUT2D eigenvalue weighted by atomic mass is 10.3. The van der Waals surface area contributed by atoms with Crippen molar-refractivity contribution in [3.05, 3.63) is 39.6 Å². The first kappa shape index (κ1) is 11.9. The van der Waals surface area contributed by atoms with Gasteiger partial charge in [0, 0.05) is 9.77 Å². The molecule has 0 radical (unpaired) electrons. The van der Waals surface area contributed by atoms with Crippen molar-refractivity contribution < 1.29 is 0 Å². The molecule has 0 atom stereocenters. The first-order chi connectivity index (χ1) is 7.15. The van der Waals surface area contributed by atoms with Gasteiger partial charge in [0.2, 0.25) is 0 Å². The number of benzene rings is 1. The number of thiocarbonyl (C=S) groups is 1. The summed E-state index contributed by atoms with van der Waals surface area (Å²) in [6.45, 7) is 0. The van der Waals surface area contributed by atoms with Crippen LogP contribution in [0.4, 0.5) is 5.69 Å². The minimum atomic E-state index is 0.0935. The summed E-state index contributed by atoms with van der Waals surface area (Å²) in [5, 5.41) is 11.7. The molecule has 0 fully saturated rings. The van der Waals surface area contributed by atoms with Crippen LogP contribution in [0.2, 0.25) is 0 Å². The monoisotopic (exact) mass is 329 g/mol. The van der Waals surface area contributed by atoms with Crippen molar-refractivity contribution in [3.8, 4) is 6.07 Å². The second kappa shape index (κ2) is 5.68. The van der Waals surface area contributed by atoms with Crippen molar-refractivity contribution in [2.24, 2.45) is 5.73 Å². The highest BCUT2D eigenvalue weighted by Crippen LogP contribution is 2.17. The second-order valence-electron chi connectivity index (χ2n) is 2.66. The van der Waals surface area contributed by atoms with E-state index in [1.165, 1.54) is 6.20 Å².